The molecule has 108 valence electrons. The fourth-order valence-electron chi connectivity index (χ4n) is 2.70. The van der Waals surface area contributed by atoms with E-state index < -0.39 is 5.60 Å². The van der Waals surface area contributed by atoms with Crippen LogP contribution in [0.3, 0.4) is 0 Å². The van der Waals surface area contributed by atoms with Crippen molar-refractivity contribution in [1.29, 1.82) is 0 Å². The maximum atomic E-state index is 10.8. The van der Waals surface area contributed by atoms with Crippen molar-refractivity contribution in [2.24, 2.45) is 5.92 Å². The number of methoxy groups -OCH3 is 1. The van der Waals surface area contributed by atoms with Crippen LogP contribution in [0.5, 0.6) is 5.75 Å². The third-order valence-electron chi connectivity index (χ3n) is 3.92. The number of hydrogen-bond donors (Lipinski definition) is 1. The minimum absolute atomic E-state index is 0.569. The number of unbranched alkanes of at least 4 members (excludes halogenated alkanes) is 1. The van der Waals surface area contributed by atoms with Crippen molar-refractivity contribution in [2.75, 3.05) is 7.11 Å². The van der Waals surface area contributed by atoms with Gasteiger partial charge < -0.3 is 9.84 Å². The van der Waals surface area contributed by atoms with Gasteiger partial charge in [0.2, 0.25) is 0 Å². The van der Waals surface area contributed by atoms with Gasteiger partial charge in [-0.15, -0.1) is 0 Å². The van der Waals surface area contributed by atoms with Crippen LogP contribution in [0.15, 0.2) is 24.3 Å². The van der Waals surface area contributed by atoms with E-state index in [0.717, 1.165) is 24.2 Å². The van der Waals surface area contributed by atoms with Crippen LogP contribution in [0.4, 0.5) is 0 Å². The molecule has 1 aromatic carbocycles. The molecule has 2 heteroatoms. The van der Waals surface area contributed by atoms with Gasteiger partial charge in [-0.1, -0.05) is 57.7 Å². The molecule has 1 aromatic rings. The van der Waals surface area contributed by atoms with Crippen LogP contribution in [-0.4, -0.2) is 12.2 Å². The number of benzene rings is 1. The third-order valence-corrected chi connectivity index (χ3v) is 3.92. The third kappa shape index (κ3) is 4.54. The molecule has 0 aromatic heterocycles. The first-order valence-corrected chi connectivity index (χ1v) is 7.41. The Bertz CT molecular complexity index is 371. The van der Waals surface area contributed by atoms with Crippen LogP contribution in [0.2, 0.25) is 0 Å². The Kier molecular flexibility index (Phi) is 6.36. The van der Waals surface area contributed by atoms with Crippen LogP contribution in [0, 0.1) is 5.92 Å². The standard InChI is InChI=1S/C17H28O2/c1-5-7-10-14(6-2)13-17(3,18)15-11-8-9-12-16(15)19-4/h8-9,11-12,14,18H,5-7,10,13H2,1-4H3. The summed E-state index contributed by atoms with van der Waals surface area (Å²) < 4.78 is 5.37. The Morgan fingerprint density at radius 1 is 1.26 bits per heavy atom. The summed E-state index contributed by atoms with van der Waals surface area (Å²) in [6.07, 6.45) is 5.56. The lowest BCUT2D eigenvalue weighted by Gasteiger charge is -2.30. The van der Waals surface area contributed by atoms with Crippen molar-refractivity contribution in [2.45, 2.75) is 58.5 Å². The topological polar surface area (TPSA) is 29.5 Å². The molecule has 0 amide bonds. The van der Waals surface area contributed by atoms with Gasteiger partial charge in [0, 0.05) is 5.56 Å². The Morgan fingerprint density at radius 3 is 2.53 bits per heavy atom. The fraction of sp³-hybridized carbons (Fsp3) is 0.647. The van der Waals surface area contributed by atoms with Gasteiger partial charge in [-0.05, 0) is 25.3 Å². The summed E-state index contributed by atoms with van der Waals surface area (Å²) in [5.41, 5.74) is 0.0774. The number of rotatable bonds is 8. The van der Waals surface area contributed by atoms with E-state index >= 15 is 0 Å². The molecule has 0 bridgehead atoms. The molecule has 2 atom stereocenters. The van der Waals surface area contributed by atoms with E-state index in [2.05, 4.69) is 13.8 Å². The molecule has 0 aliphatic rings. The smallest absolute Gasteiger partial charge is 0.124 e. The maximum Gasteiger partial charge on any atom is 0.124 e. The highest BCUT2D eigenvalue weighted by molar-refractivity contribution is 5.37. The van der Waals surface area contributed by atoms with Crippen LogP contribution >= 0.6 is 0 Å². The monoisotopic (exact) mass is 264 g/mol. The molecule has 0 saturated carbocycles. The average molecular weight is 264 g/mol. The number of para-hydroxylation sites is 1. The molecule has 1 rings (SSSR count). The minimum atomic E-state index is -0.818. The largest absolute Gasteiger partial charge is 0.496 e. The molecule has 0 spiro atoms. The van der Waals surface area contributed by atoms with Gasteiger partial charge in [0.15, 0.2) is 0 Å². The van der Waals surface area contributed by atoms with E-state index in [4.69, 9.17) is 4.74 Å². The van der Waals surface area contributed by atoms with Crippen molar-refractivity contribution in [1.82, 2.24) is 0 Å². The number of aliphatic hydroxyl groups is 1. The average Bonchev–Trinajstić information content (AvgIpc) is 2.43. The molecule has 2 nitrogen and oxygen atoms in total. The lowest BCUT2D eigenvalue weighted by molar-refractivity contribution is 0.0253. The van der Waals surface area contributed by atoms with E-state index in [1.54, 1.807) is 7.11 Å². The van der Waals surface area contributed by atoms with Crippen molar-refractivity contribution in [3.63, 3.8) is 0 Å². The lowest BCUT2D eigenvalue weighted by Crippen LogP contribution is -2.25. The van der Waals surface area contributed by atoms with E-state index in [1.165, 1.54) is 19.3 Å². The molecule has 0 radical (unpaired) electrons. The molecule has 0 heterocycles. The summed E-state index contributed by atoms with van der Waals surface area (Å²) in [6, 6.07) is 7.77. The predicted molar refractivity (Wildman–Crippen MR) is 80.5 cm³/mol. The fourth-order valence-corrected chi connectivity index (χ4v) is 2.70. The second-order valence-corrected chi connectivity index (χ2v) is 5.59. The van der Waals surface area contributed by atoms with Gasteiger partial charge in [0.25, 0.3) is 0 Å². The van der Waals surface area contributed by atoms with E-state index in [0.29, 0.717) is 5.92 Å². The van der Waals surface area contributed by atoms with Crippen LogP contribution in [0.25, 0.3) is 0 Å². The van der Waals surface area contributed by atoms with Crippen LogP contribution in [-0.2, 0) is 5.60 Å². The Morgan fingerprint density at radius 2 is 1.95 bits per heavy atom. The van der Waals surface area contributed by atoms with Crippen molar-refractivity contribution in [3.8, 4) is 5.75 Å². The number of ether oxygens (including phenoxy) is 1. The quantitative estimate of drug-likeness (QED) is 0.748. The lowest BCUT2D eigenvalue weighted by atomic mass is 9.82. The highest BCUT2D eigenvalue weighted by atomic mass is 16.5. The van der Waals surface area contributed by atoms with Gasteiger partial charge in [0.1, 0.15) is 5.75 Å². The zero-order chi connectivity index (χ0) is 14.3. The summed E-state index contributed by atoms with van der Waals surface area (Å²) in [7, 11) is 1.66. The Hall–Kier alpha value is -1.02. The molecular weight excluding hydrogens is 236 g/mol. The molecule has 2 unspecified atom stereocenters. The van der Waals surface area contributed by atoms with Crippen molar-refractivity contribution in [3.05, 3.63) is 29.8 Å². The molecule has 19 heavy (non-hydrogen) atoms. The molecule has 0 aliphatic carbocycles. The van der Waals surface area contributed by atoms with Gasteiger partial charge in [-0.25, -0.2) is 0 Å². The van der Waals surface area contributed by atoms with Gasteiger partial charge in [0.05, 0.1) is 12.7 Å². The first-order valence-electron chi connectivity index (χ1n) is 7.41. The minimum Gasteiger partial charge on any atom is -0.496 e. The first-order chi connectivity index (χ1) is 9.05. The summed E-state index contributed by atoms with van der Waals surface area (Å²) in [4.78, 5) is 0. The summed E-state index contributed by atoms with van der Waals surface area (Å²) in [5, 5.41) is 10.8. The molecule has 0 saturated heterocycles. The maximum absolute atomic E-state index is 10.8. The zero-order valence-corrected chi connectivity index (χ0v) is 12.8. The second kappa shape index (κ2) is 7.54. The van der Waals surface area contributed by atoms with Crippen LogP contribution in [0.1, 0.15) is 58.4 Å². The van der Waals surface area contributed by atoms with Crippen molar-refractivity contribution >= 4 is 0 Å². The molecule has 0 fully saturated rings. The van der Waals surface area contributed by atoms with Crippen molar-refractivity contribution < 1.29 is 9.84 Å². The summed E-state index contributed by atoms with van der Waals surface area (Å²) in [6.45, 7) is 6.32. The Labute approximate surface area is 117 Å². The van der Waals surface area contributed by atoms with Gasteiger partial charge in [-0.3, -0.25) is 0 Å². The predicted octanol–water partition coefficient (Wildman–Crippen LogP) is 4.51. The van der Waals surface area contributed by atoms with E-state index in [-0.39, 0.29) is 0 Å². The molecule has 0 aliphatic heterocycles. The Balaban J connectivity index is 2.83. The second-order valence-electron chi connectivity index (χ2n) is 5.59. The SMILES string of the molecule is CCCCC(CC)CC(C)(O)c1ccccc1OC. The van der Waals surface area contributed by atoms with E-state index in [1.807, 2.05) is 31.2 Å². The van der Waals surface area contributed by atoms with Gasteiger partial charge >= 0.3 is 0 Å². The van der Waals surface area contributed by atoms with Gasteiger partial charge in [-0.2, -0.15) is 0 Å². The highest BCUT2D eigenvalue weighted by Crippen LogP contribution is 2.36. The number of hydrogen-bond acceptors (Lipinski definition) is 2. The normalized spacial score (nSPS) is 15.8. The first kappa shape index (κ1) is 16.0. The van der Waals surface area contributed by atoms with Crippen LogP contribution < -0.4 is 4.74 Å². The summed E-state index contributed by atoms with van der Waals surface area (Å²) >= 11 is 0. The zero-order valence-electron chi connectivity index (χ0n) is 12.8. The molecule has 1 N–H and O–H groups in total. The highest BCUT2D eigenvalue weighted by Gasteiger charge is 2.29. The van der Waals surface area contributed by atoms with E-state index in [9.17, 15) is 5.11 Å². The molecular formula is C17H28O2. The summed E-state index contributed by atoms with van der Waals surface area (Å²) in [5.74, 6) is 1.35.